The number of carbonyl (C=O) groups excluding carboxylic acids is 1. The predicted octanol–water partition coefficient (Wildman–Crippen LogP) is 2.87. The molecule has 0 aromatic heterocycles. The van der Waals surface area contributed by atoms with Gasteiger partial charge in [0.05, 0.1) is 18.3 Å². The number of hydrogen-bond donors (Lipinski definition) is 1. The monoisotopic (exact) mass is 299 g/mol. The molecule has 1 unspecified atom stereocenters. The van der Waals surface area contributed by atoms with Gasteiger partial charge in [-0.2, -0.15) is 0 Å². The van der Waals surface area contributed by atoms with Crippen molar-refractivity contribution in [3.8, 4) is 5.75 Å². The van der Waals surface area contributed by atoms with Crippen molar-refractivity contribution in [1.82, 2.24) is 0 Å². The van der Waals surface area contributed by atoms with E-state index in [1.54, 1.807) is 13.2 Å². The van der Waals surface area contributed by atoms with Crippen LogP contribution in [0.4, 0.5) is 5.69 Å². The highest BCUT2D eigenvalue weighted by molar-refractivity contribution is 6.29. The summed E-state index contributed by atoms with van der Waals surface area (Å²) in [6.45, 7) is 6.20. The number of amides is 1. The maximum Gasteiger partial charge on any atom is 0.242 e. The number of ether oxygens (including phenoxy) is 1. The summed E-state index contributed by atoms with van der Waals surface area (Å²) in [6, 6.07) is 3.25. The van der Waals surface area contributed by atoms with Gasteiger partial charge in [0.1, 0.15) is 11.6 Å². The van der Waals surface area contributed by atoms with Gasteiger partial charge in [-0.05, 0) is 37.5 Å². The van der Waals surface area contributed by atoms with Crippen molar-refractivity contribution in [2.24, 2.45) is 0 Å². The van der Waals surface area contributed by atoms with Crippen molar-refractivity contribution in [1.29, 1.82) is 0 Å². The summed E-state index contributed by atoms with van der Waals surface area (Å²) in [6.07, 6.45) is 0.724. The highest BCUT2D eigenvalue weighted by Gasteiger charge is 2.26. The van der Waals surface area contributed by atoms with Crippen molar-refractivity contribution < 1.29 is 14.6 Å². The highest BCUT2D eigenvalue weighted by Crippen LogP contribution is 2.35. The Balaban J connectivity index is 3.40. The van der Waals surface area contributed by atoms with E-state index in [-0.39, 0.29) is 23.6 Å². The van der Waals surface area contributed by atoms with E-state index in [0.717, 1.165) is 17.5 Å². The molecule has 1 aromatic rings. The predicted molar refractivity (Wildman–Crippen MR) is 81.8 cm³/mol. The van der Waals surface area contributed by atoms with Crippen molar-refractivity contribution in [2.45, 2.75) is 33.2 Å². The first-order chi connectivity index (χ1) is 9.47. The molecule has 0 aliphatic heterocycles. The Morgan fingerprint density at radius 1 is 1.50 bits per heavy atom. The van der Waals surface area contributed by atoms with Crippen LogP contribution >= 0.6 is 11.6 Å². The van der Waals surface area contributed by atoms with Crippen LogP contribution in [0.1, 0.15) is 25.0 Å². The van der Waals surface area contributed by atoms with E-state index in [1.165, 1.54) is 4.90 Å². The van der Waals surface area contributed by atoms with Crippen LogP contribution in [0.3, 0.4) is 0 Å². The number of rotatable bonds is 6. The molecule has 1 rings (SSSR count). The molecule has 1 atom stereocenters. The average molecular weight is 300 g/mol. The maximum absolute atomic E-state index is 12.2. The summed E-state index contributed by atoms with van der Waals surface area (Å²) < 4.78 is 5.13. The summed E-state index contributed by atoms with van der Waals surface area (Å²) in [7, 11) is 1.58. The standard InChI is InChI=1S/C15H22ClNO3/c1-5-12-10(2)6-7-13(18)15(12)17(14(19)8-16)11(3)9-20-4/h6-7,11,18H,5,8-9H2,1-4H3. The number of aryl methyl sites for hydroxylation is 1. The lowest BCUT2D eigenvalue weighted by Gasteiger charge is -2.31. The van der Waals surface area contributed by atoms with E-state index < -0.39 is 0 Å². The molecule has 0 saturated carbocycles. The minimum absolute atomic E-state index is 0.0915. The van der Waals surface area contributed by atoms with Gasteiger partial charge in [-0.3, -0.25) is 4.79 Å². The van der Waals surface area contributed by atoms with Crippen LogP contribution in [-0.4, -0.2) is 36.7 Å². The molecular weight excluding hydrogens is 278 g/mol. The summed E-state index contributed by atoms with van der Waals surface area (Å²) in [5, 5.41) is 10.2. The van der Waals surface area contributed by atoms with Crippen LogP contribution < -0.4 is 4.90 Å². The third-order valence-electron chi connectivity index (χ3n) is 3.32. The smallest absolute Gasteiger partial charge is 0.242 e. The van der Waals surface area contributed by atoms with E-state index in [9.17, 15) is 9.90 Å². The fourth-order valence-electron chi connectivity index (χ4n) is 2.41. The van der Waals surface area contributed by atoms with Crippen molar-refractivity contribution >= 4 is 23.2 Å². The second kappa shape index (κ2) is 7.50. The number of benzene rings is 1. The van der Waals surface area contributed by atoms with E-state index >= 15 is 0 Å². The number of carbonyl (C=O) groups is 1. The summed E-state index contributed by atoms with van der Waals surface area (Å²) in [5.74, 6) is -0.286. The van der Waals surface area contributed by atoms with Crippen LogP contribution in [0.15, 0.2) is 12.1 Å². The van der Waals surface area contributed by atoms with Gasteiger partial charge in [-0.25, -0.2) is 0 Å². The third kappa shape index (κ3) is 3.44. The Bertz CT molecular complexity index is 476. The largest absolute Gasteiger partial charge is 0.506 e. The number of alkyl halides is 1. The summed E-state index contributed by atoms with van der Waals surface area (Å²) in [4.78, 5) is 13.7. The van der Waals surface area contributed by atoms with E-state index in [4.69, 9.17) is 16.3 Å². The quantitative estimate of drug-likeness (QED) is 0.822. The third-order valence-corrected chi connectivity index (χ3v) is 3.55. The molecule has 0 heterocycles. The molecule has 0 aliphatic rings. The van der Waals surface area contributed by atoms with Crippen LogP contribution in [0.25, 0.3) is 0 Å². The first kappa shape index (κ1) is 16.8. The molecule has 0 saturated heterocycles. The Morgan fingerprint density at radius 3 is 2.65 bits per heavy atom. The van der Waals surface area contributed by atoms with Crippen LogP contribution in [-0.2, 0) is 16.0 Å². The Kier molecular flexibility index (Phi) is 6.30. The van der Waals surface area contributed by atoms with E-state index in [0.29, 0.717) is 12.3 Å². The topological polar surface area (TPSA) is 49.8 Å². The van der Waals surface area contributed by atoms with Gasteiger partial charge in [0, 0.05) is 7.11 Å². The fraction of sp³-hybridized carbons (Fsp3) is 0.533. The molecular formula is C15H22ClNO3. The first-order valence-electron chi connectivity index (χ1n) is 6.66. The molecule has 1 N–H and O–H groups in total. The van der Waals surface area contributed by atoms with Crippen LogP contribution in [0, 0.1) is 6.92 Å². The van der Waals surface area contributed by atoms with Crippen molar-refractivity contribution in [2.75, 3.05) is 24.5 Å². The molecule has 20 heavy (non-hydrogen) atoms. The van der Waals surface area contributed by atoms with Gasteiger partial charge in [0.2, 0.25) is 5.91 Å². The molecule has 0 aliphatic carbocycles. The lowest BCUT2D eigenvalue weighted by Crippen LogP contribution is -2.42. The molecule has 1 aromatic carbocycles. The zero-order valence-corrected chi connectivity index (χ0v) is 13.2. The molecule has 112 valence electrons. The zero-order valence-electron chi connectivity index (χ0n) is 12.4. The van der Waals surface area contributed by atoms with Gasteiger partial charge in [0.15, 0.2) is 0 Å². The second-order valence-corrected chi connectivity index (χ2v) is 5.05. The molecule has 0 spiro atoms. The number of halogens is 1. The van der Waals surface area contributed by atoms with E-state index in [2.05, 4.69) is 0 Å². The summed E-state index contributed by atoms with van der Waals surface area (Å²) in [5.41, 5.74) is 2.53. The minimum atomic E-state index is -0.244. The second-order valence-electron chi connectivity index (χ2n) is 4.78. The van der Waals surface area contributed by atoms with Crippen molar-refractivity contribution in [3.63, 3.8) is 0 Å². The molecule has 0 bridgehead atoms. The average Bonchev–Trinajstić information content (AvgIpc) is 2.43. The van der Waals surface area contributed by atoms with Gasteiger partial charge >= 0.3 is 0 Å². The zero-order chi connectivity index (χ0) is 15.3. The SMILES string of the molecule is CCc1c(C)ccc(O)c1N(C(=O)CCl)C(C)COC. The number of nitrogens with zero attached hydrogens (tertiary/aromatic N) is 1. The van der Waals surface area contributed by atoms with Crippen LogP contribution in [0.2, 0.25) is 0 Å². The molecule has 0 fully saturated rings. The van der Waals surface area contributed by atoms with Crippen LogP contribution in [0.5, 0.6) is 5.75 Å². The molecule has 1 amide bonds. The lowest BCUT2D eigenvalue weighted by atomic mass is 10.0. The normalized spacial score (nSPS) is 12.2. The molecule has 0 radical (unpaired) electrons. The van der Waals surface area contributed by atoms with Crippen molar-refractivity contribution in [3.05, 3.63) is 23.3 Å². The number of phenols is 1. The fourth-order valence-corrected chi connectivity index (χ4v) is 2.54. The number of phenolic OH excluding ortho intramolecular Hbond substituents is 1. The number of aromatic hydroxyl groups is 1. The van der Waals surface area contributed by atoms with Gasteiger partial charge in [0.25, 0.3) is 0 Å². The highest BCUT2D eigenvalue weighted by atomic mass is 35.5. The lowest BCUT2D eigenvalue weighted by molar-refractivity contribution is -0.116. The Labute approximate surface area is 125 Å². The number of anilines is 1. The van der Waals surface area contributed by atoms with Gasteiger partial charge in [-0.15, -0.1) is 11.6 Å². The number of hydrogen-bond acceptors (Lipinski definition) is 3. The van der Waals surface area contributed by atoms with Gasteiger partial charge in [-0.1, -0.05) is 13.0 Å². The van der Waals surface area contributed by atoms with E-state index in [1.807, 2.05) is 26.8 Å². The van der Waals surface area contributed by atoms with Gasteiger partial charge < -0.3 is 14.7 Å². The number of methoxy groups -OCH3 is 1. The minimum Gasteiger partial charge on any atom is -0.506 e. The molecule has 4 nitrogen and oxygen atoms in total. The maximum atomic E-state index is 12.2. The first-order valence-corrected chi connectivity index (χ1v) is 7.19. The Hall–Kier alpha value is -1.26. The summed E-state index contributed by atoms with van der Waals surface area (Å²) >= 11 is 5.71. The molecule has 5 heteroatoms. The Morgan fingerprint density at radius 2 is 2.15 bits per heavy atom.